The largest absolute Gasteiger partial charge is 0.351 e. The van der Waals surface area contributed by atoms with Gasteiger partial charge < -0.3 is 16.0 Å². The number of nitrogens with one attached hydrogen (secondary N) is 1. The van der Waals surface area contributed by atoms with Crippen LogP contribution in [-0.2, 0) is 16.0 Å². The molecule has 0 spiro atoms. The molecule has 0 saturated carbocycles. The maximum atomic E-state index is 12.9. The molecule has 3 N–H and O–H groups in total. The molecule has 5 nitrogen and oxygen atoms in total. The molecule has 0 bridgehead atoms. The predicted molar refractivity (Wildman–Crippen MR) is 103 cm³/mol. The highest BCUT2D eigenvalue weighted by molar-refractivity contribution is 6.02. The van der Waals surface area contributed by atoms with E-state index in [2.05, 4.69) is 11.4 Å². The van der Waals surface area contributed by atoms with Crippen LogP contribution in [0, 0.1) is 0 Å². The summed E-state index contributed by atoms with van der Waals surface area (Å²) in [4.78, 5) is 26.8. The average molecular weight is 372 g/mol. The number of carbonyl (C=O) groups is 2. The van der Waals surface area contributed by atoms with Gasteiger partial charge >= 0.3 is 0 Å². The Balaban J connectivity index is 0.00000196. The van der Waals surface area contributed by atoms with Crippen LogP contribution in [0.3, 0.4) is 0 Å². The van der Waals surface area contributed by atoms with Gasteiger partial charge in [-0.1, -0.05) is 42.5 Å². The molecule has 2 aromatic rings. The summed E-state index contributed by atoms with van der Waals surface area (Å²) < 4.78 is 0. The fourth-order valence-corrected chi connectivity index (χ4v) is 3.93. The first-order chi connectivity index (χ1) is 12.1. The second-order valence-corrected chi connectivity index (χ2v) is 6.81. The van der Waals surface area contributed by atoms with Crippen LogP contribution in [0.25, 0.3) is 0 Å². The summed E-state index contributed by atoms with van der Waals surface area (Å²) in [7, 11) is 1.75. The van der Waals surface area contributed by atoms with Crippen molar-refractivity contribution in [2.75, 3.05) is 11.9 Å². The summed E-state index contributed by atoms with van der Waals surface area (Å²) in [5.74, 6) is -0.629. The summed E-state index contributed by atoms with van der Waals surface area (Å²) in [5, 5.41) is 3.09. The molecule has 2 aromatic carbocycles. The molecule has 0 aromatic heterocycles. The van der Waals surface area contributed by atoms with Crippen molar-refractivity contribution in [1.29, 1.82) is 0 Å². The van der Waals surface area contributed by atoms with Crippen molar-refractivity contribution < 1.29 is 9.59 Å². The quantitative estimate of drug-likeness (QED) is 0.850. The van der Waals surface area contributed by atoms with Gasteiger partial charge in [-0.15, -0.1) is 12.4 Å². The van der Waals surface area contributed by atoms with Crippen LogP contribution in [0.5, 0.6) is 0 Å². The molecule has 0 fully saturated rings. The van der Waals surface area contributed by atoms with Gasteiger partial charge in [0.05, 0.1) is 18.0 Å². The fourth-order valence-electron chi connectivity index (χ4n) is 3.93. The van der Waals surface area contributed by atoms with Crippen LogP contribution in [-0.4, -0.2) is 24.9 Å². The molecular formula is C20H22ClN3O2. The number of anilines is 1. The molecule has 3 atom stereocenters. The highest BCUT2D eigenvalue weighted by atomic mass is 35.5. The van der Waals surface area contributed by atoms with Crippen molar-refractivity contribution in [1.82, 2.24) is 5.32 Å². The minimum atomic E-state index is -0.462. The number of nitrogens with two attached hydrogens (primary N) is 1. The van der Waals surface area contributed by atoms with Gasteiger partial charge in [0, 0.05) is 19.2 Å². The van der Waals surface area contributed by atoms with Gasteiger partial charge in [0.25, 0.3) is 0 Å². The van der Waals surface area contributed by atoms with E-state index in [-0.39, 0.29) is 42.7 Å². The monoisotopic (exact) mass is 371 g/mol. The maximum absolute atomic E-state index is 12.9. The van der Waals surface area contributed by atoms with Crippen LogP contribution in [0.1, 0.15) is 35.1 Å². The summed E-state index contributed by atoms with van der Waals surface area (Å²) in [6.45, 7) is 0. The zero-order valence-corrected chi connectivity index (χ0v) is 15.3. The summed E-state index contributed by atoms with van der Waals surface area (Å²) in [6, 6.07) is 15.3. The Kier molecular flexibility index (Phi) is 5.03. The molecule has 0 radical (unpaired) electrons. The lowest BCUT2D eigenvalue weighted by atomic mass is 9.88. The van der Waals surface area contributed by atoms with Crippen molar-refractivity contribution in [2.45, 2.75) is 30.8 Å². The number of carbonyl (C=O) groups excluding carboxylic acids is 2. The highest BCUT2D eigenvalue weighted by Gasteiger charge is 2.37. The van der Waals surface area contributed by atoms with Gasteiger partial charge in [0.15, 0.2) is 0 Å². The van der Waals surface area contributed by atoms with E-state index < -0.39 is 5.92 Å². The summed E-state index contributed by atoms with van der Waals surface area (Å²) in [6.07, 6.45) is 0.916. The topological polar surface area (TPSA) is 75.4 Å². The number of para-hydroxylation sites is 1. The van der Waals surface area contributed by atoms with Gasteiger partial charge in [-0.3, -0.25) is 9.59 Å². The SMILES string of the molecule is CN1C(=O)CC(C(=O)N[C@H]2Cc3ccccc3[C@@H]2N)c2ccccc21.Cl. The van der Waals surface area contributed by atoms with E-state index in [1.807, 2.05) is 42.5 Å². The van der Waals surface area contributed by atoms with Gasteiger partial charge in [-0.25, -0.2) is 0 Å². The molecule has 1 aliphatic carbocycles. The van der Waals surface area contributed by atoms with Crippen molar-refractivity contribution in [3.8, 4) is 0 Å². The average Bonchev–Trinajstić information content (AvgIpc) is 2.94. The second-order valence-electron chi connectivity index (χ2n) is 6.81. The van der Waals surface area contributed by atoms with Gasteiger partial charge in [0.2, 0.25) is 11.8 Å². The summed E-state index contributed by atoms with van der Waals surface area (Å²) in [5.41, 5.74) is 10.3. The Morgan fingerprint density at radius 3 is 2.46 bits per heavy atom. The molecule has 2 amide bonds. The van der Waals surface area contributed by atoms with Crippen LogP contribution < -0.4 is 16.0 Å². The van der Waals surface area contributed by atoms with Crippen LogP contribution in [0.2, 0.25) is 0 Å². The molecular weight excluding hydrogens is 350 g/mol. The Hall–Kier alpha value is -2.37. The third-order valence-electron chi connectivity index (χ3n) is 5.36. The molecule has 136 valence electrons. The standard InChI is InChI=1S/C20H21N3O2.ClH/c1-23-17-9-5-4-8-14(17)15(11-18(23)24)20(25)22-16-10-12-6-2-3-7-13(12)19(16)21;/h2-9,15-16,19H,10-11,21H2,1H3,(H,22,25);1H/t15?,16-,19-;/m0./s1. The van der Waals surface area contributed by atoms with Crippen molar-refractivity contribution in [3.05, 3.63) is 65.2 Å². The number of fused-ring (bicyclic) bond motifs is 2. The molecule has 26 heavy (non-hydrogen) atoms. The molecule has 1 heterocycles. The first-order valence-corrected chi connectivity index (χ1v) is 8.55. The van der Waals surface area contributed by atoms with E-state index in [1.165, 1.54) is 5.56 Å². The minimum absolute atomic E-state index is 0. The summed E-state index contributed by atoms with van der Waals surface area (Å²) >= 11 is 0. The highest BCUT2D eigenvalue weighted by Crippen LogP contribution is 2.36. The smallest absolute Gasteiger partial charge is 0.228 e. The zero-order chi connectivity index (χ0) is 17.6. The van der Waals surface area contributed by atoms with Gasteiger partial charge in [-0.2, -0.15) is 0 Å². The molecule has 4 rings (SSSR count). The number of nitrogens with zero attached hydrogens (tertiary/aromatic N) is 1. The van der Waals surface area contributed by atoms with E-state index in [0.717, 1.165) is 23.2 Å². The predicted octanol–water partition coefficient (Wildman–Crippen LogP) is 2.30. The van der Waals surface area contributed by atoms with Gasteiger partial charge in [-0.05, 0) is 29.2 Å². The molecule has 6 heteroatoms. The third-order valence-corrected chi connectivity index (χ3v) is 5.36. The van der Waals surface area contributed by atoms with Crippen molar-refractivity contribution >= 4 is 29.9 Å². The lowest BCUT2D eigenvalue weighted by Crippen LogP contribution is -2.45. The Bertz CT molecular complexity index is 854. The minimum Gasteiger partial charge on any atom is -0.351 e. The molecule has 0 saturated heterocycles. The number of benzene rings is 2. The number of hydrogen-bond acceptors (Lipinski definition) is 3. The van der Waals surface area contributed by atoms with E-state index in [4.69, 9.17) is 5.73 Å². The third kappa shape index (κ3) is 2.97. The van der Waals surface area contributed by atoms with Crippen molar-refractivity contribution in [2.24, 2.45) is 5.73 Å². The molecule has 1 aliphatic heterocycles. The van der Waals surface area contributed by atoms with Gasteiger partial charge in [0.1, 0.15) is 0 Å². The molecule has 2 aliphatic rings. The first kappa shape index (κ1) is 18.4. The van der Waals surface area contributed by atoms with E-state index >= 15 is 0 Å². The number of amides is 2. The maximum Gasteiger partial charge on any atom is 0.228 e. The second kappa shape index (κ2) is 7.09. The fraction of sp³-hybridized carbons (Fsp3) is 0.300. The lowest BCUT2D eigenvalue weighted by molar-refractivity contribution is -0.127. The Morgan fingerprint density at radius 2 is 1.73 bits per heavy atom. The first-order valence-electron chi connectivity index (χ1n) is 8.55. The Labute approximate surface area is 159 Å². The van der Waals surface area contributed by atoms with Crippen LogP contribution in [0.4, 0.5) is 5.69 Å². The molecule has 1 unspecified atom stereocenters. The van der Waals surface area contributed by atoms with E-state index in [9.17, 15) is 9.59 Å². The Morgan fingerprint density at radius 1 is 1.08 bits per heavy atom. The lowest BCUT2D eigenvalue weighted by Gasteiger charge is -2.32. The van der Waals surface area contributed by atoms with Crippen molar-refractivity contribution in [3.63, 3.8) is 0 Å². The number of rotatable bonds is 2. The number of halogens is 1. The van der Waals surface area contributed by atoms with Crippen LogP contribution in [0.15, 0.2) is 48.5 Å². The zero-order valence-electron chi connectivity index (χ0n) is 14.5. The van der Waals surface area contributed by atoms with Crippen LogP contribution >= 0.6 is 12.4 Å². The normalized spacial score (nSPS) is 23.7. The van der Waals surface area contributed by atoms with E-state index in [0.29, 0.717) is 0 Å². The number of hydrogen-bond donors (Lipinski definition) is 2. The van der Waals surface area contributed by atoms with E-state index in [1.54, 1.807) is 11.9 Å².